The second-order valence-electron chi connectivity index (χ2n) is 6.43. The summed E-state index contributed by atoms with van der Waals surface area (Å²) in [6.45, 7) is 1.99. The zero-order chi connectivity index (χ0) is 16.7. The zero-order valence-electron chi connectivity index (χ0n) is 13.4. The van der Waals surface area contributed by atoms with Crippen LogP contribution in [0.15, 0.2) is 48.8 Å². The smallest absolute Gasteiger partial charge is 0.251 e. The fourth-order valence-electron chi connectivity index (χ4n) is 3.26. The molecule has 4 rings (SSSR count). The van der Waals surface area contributed by atoms with Gasteiger partial charge in [0.2, 0.25) is 0 Å². The van der Waals surface area contributed by atoms with Crippen LogP contribution in [0.4, 0.5) is 0 Å². The molecule has 0 saturated heterocycles. The fourth-order valence-corrected chi connectivity index (χ4v) is 3.39. The van der Waals surface area contributed by atoms with Crippen molar-refractivity contribution in [3.63, 3.8) is 0 Å². The summed E-state index contributed by atoms with van der Waals surface area (Å²) in [5.74, 6) is 0.475. The van der Waals surface area contributed by atoms with Crippen molar-refractivity contribution in [1.29, 1.82) is 0 Å². The van der Waals surface area contributed by atoms with Gasteiger partial charge in [-0.25, -0.2) is 4.98 Å². The molecule has 1 aliphatic rings. The van der Waals surface area contributed by atoms with E-state index in [1.807, 2.05) is 41.8 Å². The molecular weight excluding hydrogens is 322 g/mol. The van der Waals surface area contributed by atoms with E-state index >= 15 is 0 Å². The number of carbonyl (C=O) groups is 1. The van der Waals surface area contributed by atoms with E-state index in [1.165, 1.54) is 5.56 Å². The summed E-state index contributed by atoms with van der Waals surface area (Å²) in [6.07, 6.45) is 5.64. The molecule has 0 unspecified atom stereocenters. The largest absolute Gasteiger partial charge is 0.349 e. The number of aryl methyl sites for hydroxylation is 1. The van der Waals surface area contributed by atoms with Gasteiger partial charge >= 0.3 is 0 Å². The molecule has 4 nitrogen and oxygen atoms in total. The lowest BCUT2D eigenvalue weighted by molar-refractivity contribution is 0.0909. The van der Waals surface area contributed by atoms with Crippen LogP contribution in [-0.4, -0.2) is 21.3 Å². The average Bonchev–Trinajstić information content (AvgIpc) is 2.92. The Kier molecular flexibility index (Phi) is 3.77. The van der Waals surface area contributed by atoms with E-state index in [0.717, 1.165) is 29.2 Å². The minimum absolute atomic E-state index is 0.0299. The van der Waals surface area contributed by atoms with Crippen LogP contribution in [0.1, 0.15) is 40.4 Å². The highest BCUT2D eigenvalue weighted by molar-refractivity contribution is 6.30. The maximum atomic E-state index is 12.4. The highest BCUT2D eigenvalue weighted by Gasteiger charge is 2.31. The van der Waals surface area contributed by atoms with Gasteiger partial charge in [0.15, 0.2) is 0 Å². The van der Waals surface area contributed by atoms with Crippen LogP contribution < -0.4 is 5.32 Å². The van der Waals surface area contributed by atoms with Gasteiger partial charge < -0.3 is 9.72 Å². The maximum Gasteiger partial charge on any atom is 0.251 e. The summed E-state index contributed by atoms with van der Waals surface area (Å²) in [5.41, 5.74) is 3.80. The number of benzene rings is 1. The van der Waals surface area contributed by atoms with Gasteiger partial charge in [-0.2, -0.15) is 0 Å². The Morgan fingerprint density at radius 3 is 2.75 bits per heavy atom. The Labute approximate surface area is 145 Å². The number of hydrogen-bond acceptors (Lipinski definition) is 2. The van der Waals surface area contributed by atoms with Crippen molar-refractivity contribution in [2.45, 2.75) is 31.7 Å². The number of halogens is 1. The summed E-state index contributed by atoms with van der Waals surface area (Å²) < 4.78 is 1.97. The van der Waals surface area contributed by atoms with Gasteiger partial charge in [0.25, 0.3) is 5.91 Å². The number of aromatic nitrogens is 2. The van der Waals surface area contributed by atoms with Crippen molar-refractivity contribution in [3.05, 3.63) is 70.6 Å². The van der Waals surface area contributed by atoms with Crippen molar-refractivity contribution in [1.82, 2.24) is 14.7 Å². The quantitative estimate of drug-likeness (QED) is 0.784. The van der Waals surface area contributed by atoms with Gasteiger partial charge in [0.05, 0.1) is 0 Å². The first-order chi connectivity index (χ1) is 11.6. The fraction of sp³-hybridized carbons (Fsp3) is 0.263. The Morgan fingerprint density at radius 2 is 2.00 bits per heavy atom. The zero-order valence-corrected chi connectivity index (χ0v) is 14.1. The number of imidazole rings is 1. The van der Waals surface area contributed by atoms with E-state index in [2.05, 4.69) is 22.4 Å². The van der Waals surface area contributed by atoms with Crippen LogP contribution in [0.2, 0.25) is 5.02 Å². The minimum atomic E-state index is -0.0299. The molecule has 122 valence electrons. The van der Waals surface area contributed by atoms with Crippen molar-refractivity contribution in [2.24, 2.45) is 0 Å². The van der Waals surface area contributed by atoms with Crippen LogP contribution in [0, 0.1) is 6.92 Å². The number of amides is 1. The normalized spacial score (nSPS) is 19.9. The molecule has 2 heterocycles. The first-order valence-corrected chi connectivity index (χ1v) is 8.48. The molecule has 1 saturated carbocycles. The summed E-state index contributed by atoms with van der Waals surface area (Å²) >= 11 is 5.92. The number of hydrogen-bond donors (Lipinski definition) is 1. The van der Waals surface area contributed by atoms with Gasteiger partial charge in [0, 0.05) is 34.7 Å². The molecule has 0 atom stereocenters. The van der Waals surface area contributed by atoms with E-state index in [9.17, 15) is 4.79 Å². The Bertz CT molecular complexity index is 895. The number of fused-ring (bicyclic) bond motifs is 1. The lowest BCUT2D eigenvalue weighted by Crippen LogP contribution is -2.43. The van der Waals surface area contributed by atoms with Crippen LogP contribution >= 0.6 is 11.6 Å². The van der Waals surface area contributed by atoms with Gasteiger partial charge in [-0.1, -0.05) is 23.7 Å². The predicted molar refractivity (Wildman–Crippen MR) is 94.6 cm³/mol. The molecule has 1 aromatic carbocycles. The third-order valence-electron chi connectivity index (χ3n) is 4.78. The highest BCUT2D eigenvalue weighted by Crippen LogP contribution is 2.37. The SMILES string of the molecule is Cc1cnc2cc(C(=O)NC3CC(c4ccc(Cl)cc4)C3)ccn12. The Hall–Kier alpha value is -2.33. The molecule has 1 fully saturated rings. The van der Waals surface area contributed by atoms with Crippen LogP contribution in [0.25, 0.3) is 5.65 Å². The van der Waals surface area contributed by atoms with Crippen molar-refractivity contribution in [3.8, 4) is 0 Å². The van der Waals surface area contributed by atoms with E-state index in [4.69, 9.17) is 11.6 Å². The third-order valence-corrected chi connectivity index (χ3v) is 5.03. The Balaban J connectivity index is 1.39. The first kappa shape index (κ1) is 15.2. The molecule has 1 amide bonds. The van der Waals surface area contributed by atoms with Crippen molar-refractivity contribution >= 4 is 23.2 Å². The monoisotopic (exact) mass is 339 g/mol. The van der Waals surface area contributed by atoms with Gasteiger partial charge in [-0.05, 0) is 55.5 Å². The van der Waals surface area contributed by atoms with Crippen LogP contribution in [-0.2, 0) is 0 Å². The van der Waals surface area contributed by atoms with E-state index in [-0.39, 0.29) is 11.9 Å². The molecule has 0 spiro atoms. The average molecular weight is 340 g/mol. The molecule has 0 radical (unpaired) electrons. The molecule has 1 N–H and O–H groups in total. The van der Waals surface area contributed by atoms with E-state index in [0.29, 0.717) is 11.5 Å². The third kappa shape index (κ3) is 2.78. The summed E-state index contributed by atoms with van der Waals surface area (Å²) in [7, 11) is 0. The van der Waals surface area contributed by atoms with Crippen LogP contribution in [0.5, 0.6) is 0 Å². The van der Waals surface area contributed by atoms with Gasteiger partial charge in [-0.15, -0.1) is 0 Å². The molecule has 2 aromatic heterocycles. The molecule has 0 bridgehead atoms. The molecule has 5 heteroatoms. The van der Waals surface area contributed by atoms with E-state index in [1.54, 1.807) is 6.20 Å². The topological polar surface area (TPSA) is 46.4 Å². The number of nitrogens with one attached hydrogen (secondary N) is 1. The first-order valence-electron chi connectivity index (χ1n) is 8.10. The second-order valence-corrected chi connectivity index (χ2v) is 6.87. The van der Waals surface area contributed by atoms with Gasteiger partial charge in [-0.3, -0.25) is 4.79 Å². The number of pyridine rings is 1. The van der Waals surface area contributed by atoms with Crippen molar-refractivity contribution < 1.29 is 4.79 Å². The minimum Gasteiger partial charge on any atom is -0.349 e. The number of nitrogens with zero attached hydrogens (tertiary/aromatic N) is 2. The van der Waals surface area contributed by atoms with Crippen LogP contribution in [0.3, 0.4) is 0 Å². The summed E-state index contributed by atoms with van der Waals surface area (Å²) in [5, 5.41) is 3.87. The lowest BCUT2D eigenvalue weighted by Gasteiger charge is -2.36. The molecule has 3 aromatic rings. The number of carbonyl (C=O) groups excluding carboxylic acids is 1. The predicted octanol–water partition coefficient (Wildman–Crippen LogP) is 3.97. The summed E-state index contributed by atoms with van der Waals surface area (Å²) in [6, 6.07) is 11.9. The Morgan fingerprint density at radius 1 is 1.25 bits per heavy atom. The molecule has 1 aliphatic carbocycles. The maximum absolute atomic E-state index is 12.4. The highest BCUT2D eigenvalue weighted by atomic mass is 35.5. The van der Waals surface area contributed by atoms with Gasteiger partial charge in [0.1, 0.15) is 5.65 Å². The molecule has 0 aliphatic heterocycles. The van der Waals surface area contributed by atoms with E-state index < -0.39 is 0 Å². The summed E-state index contributed by atoms with van der Waals surface area (Å²) in [4.78, 5) is 16.7. The second kappa shape index (κ2) is 5.95. The lowest BCUT2D eigenvalue weighted by atomic mass is 9.76. The molecule has 24 heavy (non-hydrogen) atoms. The molecular formula is C19H18ClN3O. The standard InChI is InChI=1S/C19H18ClN3O/c1-12-11-21-18-10-14(6-7-23(12)18)19(24)22-17-8-15(9-17)13-2-4-16(20)5-3-13/h2-7,10-11,15,17H,8-9H2,1H3,(H,22,24). The van der Waals surface area contributed by atoms with Crippen molar-refractivity contribution in [2.75, 3.05) is 0 Å². The number of rotatable bonds is 3.